The average molecular weight is 429 g/mol. The number of H-pyrrole nitrogens is 1. The highest BCUT2D eigenvalue weighted by Gasteiger charge is 2.21. The van der Waals surface area contributed by atoms with Crippen LogP contribution in [0.3, 0.4) is 0 Å². The predicted molar refractivity (Wildman–Crippen MR) is 130 cm³/mol. The summed E-state index contributed by atoms with van der Waals surface area (Å²) >= 11 is 0. The van der Waals surface area contributed by atoms with Gasteiger partial charge in [0.25, 0.3) is 0 Å². The molecule has 0 amide bonds. The lowest BCUT2D eigenvalue weighted by Gasteiger charge is -2.10. The number of anilines is 2. The third kappa shape index (κ3) is 4.50. The Hall–Kier alpha value is -3.64. The fourth-order valence-corrected chi connectivity index (χ4v) is 4.04. The van der Waals surface area contributed by atoms with Gasteiger partial charge in [-0.05, 0) is 51.7 Å². The number of aromatic amines is 1. The van der Waals surface area contributed by atoms with Gasteiger partial charge in [0.2, 0.25) is 5.78 Å². The molecule has 0 atom stereocenters. The number of nitrogens with zero attached hydrogens (tertiary/aromatic N) is 2. The summed E-state index contributed by atoms with van der Waals surface area (Å²) in [6, 6.07) is 17.9. The Labute approximate surface area is 187 Å². The van der Waals surface area contributed by atoms with E-state index in [-0.39, 0.29) is 5.69 Å². The van der Waals surface area contributed by atoms with E-state index in [0.29, 0.717) is 12.0 Å². The van der Waals surface area contributed by atoms with Crippen LogP contribution in [0.4, 0.5) is 11.4 Å². The molecule has 0 aliphatic heterocycles. The van der Waals surface area contributed by atoms with Gasteiger partial charge in [-0.3, -0.25) is 9.59 Å². The molecule has 0 aliphatic carbocycles. The van der Waals surface area contributed by atoms with Gasteiger partial charge in [0.1, 0.15) is 5.69 Å². The Balaban J connectivity index is 1.76. The van der Waals surface area contributed by atoms with Crippen molar-refractivity contribution in [2.45, 2.75) is 19.4 Å². The van der Waals surface area contributed by atoms with E-state index in [1.807, 2.05) is 42.5 Å². The van der Waals surface area contributed by atoms with Gasteiger partial charge in [-0.15, -0.1) is 0 Å². The van der Waals surface area contributed by atoms with Crippen LogP contribution >= 0.6 is 0 Å². The van der Waals surface area contributed by atoms with Crippen LogP contribution < -0.4 is 5.32 Å². The van der Waals surface area contributed by atoms with Gasteiger partial charge in [-0.25, -0.2) is 0 Å². The third-order valence-corrected chi connectivity index (χ3v) is 5.61. The fraction of sp³-hybridized carbons (Fsp3) is 0.231. The van der Waals surface area contributed by atoms with E-state index in [1.165, 1.54) is 0 Å². The number of ketones is 1. The van der Waals surface area contributed by atoms with Crippen molar-refractivity contribution < 1.29 is 9.59 Å². The highest BCUT2D eigenvalue weighted by molar-refractivity contribution is 6.35. The molecule has 0 unspecified atom stereocenters. The molecule has 0 saturated heterocycles. The van der Waals surface area contributed by atoms with Crippen LogP contribution in [0.1, 0.15) is 23.3 Å². The number of carbonyl (C=O) groups excluding carboxylic acids is 2. The molecule has 0 radical (unpaired) electrons. The van der Waals surface area contributed by atoms with Crippen molar-refractivity contribution >= 4 is 34.3 Å². The number of aromatic nitrogens is 2. The molecule has 0 fully saturated rings. The molecule has 4 rings (SSSR count). The standard InChI is InChI=1S/C26H28N4O2/c1-29(2)14-8-9-15-30-17-22(20-12-6-7-13-23(20)30)21-16-27-26(24(32)18-31)25(21)28-19-10-4-3-5-11-19/h3-7,10-13,16-18,27-28H,8-9,14-15H2,1-2H3. The SMILES string of the molecule is CN(C)CCCCn1cc(-c2c[nH]c(C(=O)C=O)c2Nc2ccccc2)c2ccccc21. The number of nitrogens with one attached hydrogen (secondary N) is 2. The first kappa shape index (κ1) is 21.6. The number of aldehydes is 1. The van der Waals surface area contributed by atoms with E-state index in [2.05, 4.69) is 52.2 Å². The number of para-hydroxylation sites is 2. The molecule has 0 saturated carbocycles. The van der Waals surface area contributed by atoms with Crippen molar-refractivity contribution in [2.75, 3.05) is 26.0 Å². The monoisotopic (exact) mass is 428 g/mol. The van der Waals surface area contributed by atoms with E-state index in [0.717, 1.165) is 53.6 Å². The molecule has 0 bridgehead atoms. The number of unbranched alkanes of at least 4 members (excludes halogenated alkanes) is 1. The minimum Gasteiger partial charge on any atom is -0.356 e. The molecular formula is C26H28N4O2. The van der Waals surface area contributed by atoms with Crippen LogP contribution in [0.5, 0.6) is 0 Å². The molecule has 4 aromatic rings. The summed E-state index contributed by atoms with van der Waals surface area (Å²) in [5.74, 6) is -0.581. The Morgan fingerprint density at radius 3 is 2.53 bits per heavy atom. The summed E-state index contributed by atoms with van der Waals surface area (Å²) in [4.78, 5) is 28.8. The van der Waals surface area contributed by atoms with Crippen molar-refractivity contribution in [1.29, 1.82) is 0 Å². The Bertz CT molecular complexity index is 1220. The molecule has 6 heteroatoms. The zero-order valence-corrected chi connectivity index (χ0v) is 18.5. The molecule has 164 valence electrons. The van der Waals surface area contributed by atoms with Crippen molar-refractivity contribution in [1.82, 2.24) is 14.5 Å². The summed E-state index contributed by atoms with van der Waals surface area (Å²) in [5, 5.41) is 4.46. The summed E-state index contributed by atoms with van der Waals surface area (Å²) < 4.78 is 2.28. The van der Waals surface area contributed by atoms with Gasteiger partial charge in [0, 0.05) is 46.7 Å². The molecule has 32 heavy (non-hydrogen) atoms. The van der Waals surface area contributed by atoms with Gasteiger partial charge in [-0.1, -0.05) is 36.4 Å². The first-order valence-corrected chi connectivity index (χ1v) is 10.8. The highest BCUT2D eigenvalue weighted by atomic mass is 16.2. The lowest BCUT2D eigenvalue weighted by Crippen LogP contribution is -2.13. The van der Waals surface area contributed by atoms with Crippen LogP contribution in [-0.4, -0.2) is 47.2 Å². The molecule has 2 aromatic carbocycles. The van der Waals surface area contributed by atoms with Gasteiger partial charge in [-0.2, -0.15) is 0 Å². The molecular weight excluding hydrogens is 400 g/mol. The van der Waals surface area contributed by atoms with Gasteiger partial charge < -0.3 is 19.8 Å². The first-order chi connectivity index (χ1) is 15.6. The number of benzene rings is 2. The number of hydrogen-bond donors (Lipinski definition) is 2. The van der Waals surface area contributed by atoms with Crippen molar-refractivity contribution in [2.24, 2.45) is 0 Å². The van der Waals surface area contributed by atoms with E-state index >= 15 is 0 Å². The number of carbonyl (C=O) groups is 2. The topological polar surface area (TPSA) is 70.1 Å². The molecule has 0 aliphatic rings. The van der Waals surface area contributed by atoms with Crippen molar-refractivity contribution in [3.05, 3.63) is 72.7 Å². The van der Waals surface area contributed by atoms with Gasteiger partial charge in [0.15, 0.2) is 6.29 Å². The highest BCUT2D eigenvalue weighted by Crippen LogP contribution is 2.38. The van der Waals surface area contributed by atoms with Gasteiger partial charge in [0.05, 0.1) is 5.69 Å². The summed E-state index contributed by atoms with van der Waals surface area (Å²) in [6.07, 6.45) is 6.50. The molecule has 0 spiro atoms. The summed E-state index contributed by atoms with van der Waals surface area (Å²) in [5.41, 5.74) is 4.77. The molecule has 6 nitrogen and oxygen atoms in total. The Morgan fingerprint density at radius 2 is 1.78 bits per heavy atom. The molecule has 2 N–H and O–H groups in total. The number of fused-ring (bicyclic) bond motifs is 1. The first-order valence-electron chi connectivity index (χ1n) is 10.8. The number of hydrogen-bond acceptors (Lipinski definition) is 4. The maximum Gasteiger partial charge on any atom is 0.243 e. The van der Waals surface area contributed by atoms with Crippen molar-refractivity contribution in [3.8, 4) is 11.1 Å². The zero-order chi connectivity index (χ0) is 22.5. The van der Waals surface area contributed by atoms with Gasteiger partial charge >= 0.3 is 0 Å². The molecule has 2 aromatic heterocycles. The minimum atomic E-state index is -0.581. The fourth-order valence-electron chi connectivity index (χ4n) is 4.04. The van der Waals surface area contributed by atoms with Crippen LogP contribution in [0.25, 0.3) is 22.0 Å². The Kier molecular flexibility index (Phi) is 6.52. The van der Waals surface area contributed by atoms with Crippen LogP contribution in [0, 0.1) is 0 Å². The van der Waals surface area contributed by atoms with E-state index < -0.39 is 5.78 Å². The third-order valence-electron chi connectivity index (χ3n) is 5.61. The van der Waals surface area contributed by atoms with E-state index in [1.54, 1.807) is 6.20 Å². The quantitative estimate of drug-likeness (QED) is 0.159. The largest absolute Gasteiger partial charge is 0.356 e. The average Bonchev–Trinajstić information content (AvgIpc) is 3.38. The Morgan fingerprint density at radius 1 is 1.03 bits per heavy atom. The van der Waals surface area contributed by atoms with Crippen LogP contribution in [0.2, 0.25) is 0 Å². The second-order valence-electron chi connectivity index (χ2n) is 8.19. The van der Waals surface area contributed by atoms with Crippen molar-refractivity contribution in [3.63, 3.8) is 0 Å². The summed E-state index contributed by atoms with van der Waals surface area (Å²) in [6.45, 7) is 1.98. The minimum absolute atomic E-state index is 0.265. The lowest BCUT2D eigenvalue weighted by molar-refractivity contribution is -0.104. The maximum atomic E-state index is 12.3. The summed E-state index contributed by atoms with van der Waals surface area (Å²) in [7, 11) is 4.18. The maximum absolute atomic E-state index is 12.3. The normalized spacial score (nSPS) is 11.2. The second-order valence-corrected chi connectivity index (χ2v) is 8.19. The number of Topliss-reactive ketones (excluding diaryl/α,β-unsaturated/α-hetero) is 1. The second kappa shape index (κ2) is 9.66. The number of aryl methyl sites for hydroxylation is 1. The van der Waals surface area contributed by atoms with E-state index in [4.69, 9.17) is 0 Å². The zero-order valence-electron chi connectivity index (χ0n) is 18.5. The lowest BCUT2D eigenvalue weighted by atomic mass is 10.0. The van der Waals surface area contributed by atoms with Crippen LogP contribution in [-0.2, 0) is 11.3 Å². The predicted octanol–water partition coefficient (Wildman–Crippen LogP) is 5.10. The van der Waals surface area contributed by atoms with Crippen LogP contribution in [0.15, 0.2) is 67.0 Å². The number of rotatable bonds is 10. The van der Waals surface area contributed by atoms with E-state index in [9.17, 15) is 9.59 Å². The molecule has 2 heterocycles. The smallest absolute Gasteiger partial charge is 0.243 e.